The Kier molecular flexibility index (Phi) is 3.74. The monoisotopic (exact) mass is 266 g/mol. The SMILES string of the molecule is CCc1nnc(COc2cc(F)cc(C(=O)O)c2)o1. The second-order valence-electron chi connectivity index (χ2n) is 3.71. The van der Waals surface area contributed by atoms with Crippen molar-refractivity contribution >= 4 is 5.97 Å². The van der Waals surface area contributed by atoms with Crippen molar-refractivity contribution in [1.29, 1.82) is 0 Å². The van der Waals surface area contributed by atoms with Gasteiger partial charge in [0, 0.05) is 12.5 Å². The van der Waals surface area contributed by atoms with E-state index in [1.165, 1.54) is 6.07 Å². The van der Waals surface area contributed by atoms with E-state index >= 15 is 0 Å². The van der Waals surface area contributed by atoms with Crippen LogP contribution in [-0.4, -0.2) is 21.3 Å². The van der Waals surface area contributed by atoms with Gasteiger partial charge >= 0.3 is 5.97 Å². The normalized spacial score (nSPS) is 10.4. The first-order valence-corrected chi connectivity index (χ1v) is 5.56. The lowest BCUT2D eigenvalue weighted by Gasteiger charge is -2.04. The van der Waals surface area contributed by atoms with Gasteiger partial charge in [-0.15, -0.1) is 10.2 Å². The minimum Gasteiger partial charge on any atom is -0.484 e. The molecule has 19 heavy (non-hydrogen) atoms. The Bertz CT molecular complexity index is 597. The van der Waals surface area contributed by atoms with Gasteiger partial charge in [0.05, 0.1) is 5.56 Å². The standard InChI is InChI=1S/C12H11FN2O4/c1-2-10-14-15-11(19-10)6-18-9-4-7(12(16)17)3-8(13)5-9/h3-5H,2,6H2,1H3,(H,16,17). The maximum absolute atomic E-state index is 13.2. The number of aromatic nitrogens is 2. The van der Waals surface area contributed by atoms with Gasteiger partial charge in [0.2, 0.25) is 5.89 Å². The van der Waals surface area contributed by atoms with Crippen LogP contribution in [-0.2, 0) is 13.0 Å². The molecule has 0 aliphatic rings. The summed E-state index contributed by atoms with van der Waals surface area (Å²) in [6, 6.07) is 3.23. The van der Waals surface area contributed by atoms with Gasteiger partial charge in [0.15, 0.2) is 6.61 Å². The van der Waals surface area contributed by atoms with Gasteiger partial charge in [-0.25, -0.2) is 9.18 Å². The third-order valence-electron chi connectivity index (χ3n) is 2.29. The van der Waals surface area contributed by atoms with E-state index < -0.39 is 11.8 Å². The van der Waals surface area contributed by atoms with Gasteiger partial charge in [-0.05, 0) is 12.1 Å². The molecular formula is C12H11FN2O4. The lowest BCUT2D eigenvalue weighted by atomic mass is 10.2. The molecule has 7 heteroatoms. The first kappa shape index (κ1) is 13.0. The van der Waals surface area contributed by atoms with Gasteiger partial charge in [-0.1, -0.05) is 6.92 Å². The van der Waals surface area contributed by atoms with E-state index in [1.807, 2.05) is 6.92 Å². The van der Waals surface area contributed by atoms with E-state index in [0.29, 0.717) is 12.3 Å². The number of carboxylic acid groups (broad SMARTS) is 1. The summed E-state index contributed by atoms with van der Waals surface area (Å²) in [5.74, 6) is -1.10. The van der Waals surface area contributed by atoms with Crippen molar-refractivity contribution in [2.45, 2.75) is 20.0 Å². The van der Waals surface area contributed by atoms with E-state index in [0.717, 1.165) is 12.1 Å². The van der Waals surface area contributed by atoms with Crippen LogP contribution < -0.4 is 4.74 Å². The third kappa shape index (κ3) is 3.27. The van der Waals surface area contributed by atoms with Crippen molar-refractivity contribution in [3.63, 3.8) is 0 Å². The summed E-state index contributed by atoms with van der Waals surface area (Å²) < 4.78 is 23.6. The number of hydrogen-bond acceptors (Lipinski definition) is 5. The number of carbonyl (C=O) groups is 1. The van der Waals surface area contributed by atoms with Crippen LogP contribution in [0.5, 0.6) is 5.75 Å². The molecule has 2 rings (SSSR count). The van der Waals surface area contributed by atoms with Crippen molar-refractivity contribution in [1.82, 2.24) is 10.2 Å². The average molecular weight is 266 g/mol. The number of benzene rings is 1. The number of halogens is 1. The second-order valence-corrected chi connectivity index (χ2v) is 3.71. The summed E-state index contributed by atoms with van der Waals surface area (Å²) >= 11 is 0. The first-order valence-electron chi connectivity index (χ1n) is 5.56. The maximum atomic E-state index is 13.2. The Morgan fingerprint density at radius 2 is 2.11 bits per heavy atom. The highest BCUT2D eigenvalue weighted by Crippen LogP contribution is 2.17. The van der Waals surface area contributed by atoms with Gasteiger partial charge in [-0.3, -0.25) is 0 Å². The molecule has 1 heterocycles. The van der Waals surface area contributed by atoms with Crippen LogP contribution in [0.4, 0.5) is 4.39 Å². The zero-order chi connectivity index (χ0) is 13.8. The fraction of sp³-hybridized carbons (Fsp3) is 0.250. The molecule has 0 fully saturated rings. The van der Waals surface area contributed by atoms with E-state index in [4.69, 9.17) is 14.3 Å². The summed E-state index contributed by atoms with van der Waals surface area (Å²) in [5.41, 5.74) is -0.185. The van der Waals surface area contributed by atoms with Crippen molar-refractivity contribution in [2.75, 3.05) is 0 Å². The van der Waals surface area contributed by atoms with E-state index in [9.17, 15) is 9.18 Å². The van der Waals surface area contributed by atoms with Crippen LogP contribution in [0.1, 0.15) is 29.1 Å². The first-order chi connectivity index (χ1) is 9.08. The largest absolute Gasteiger partial charge is 0.484 e. The van der Waals surface area contributed by atoms with Crippen molar-refractivity contribution in [3.05, 3.63) is 41.4 Å². The zero-order valence-corrected chi connectivity index (χ0v) is 10.1. The molecule has 1 N–H and O–H groups in total. The Labute approximate surface area is 107 Å². The molecule has 0 aliphatic carbocycles. The molecule has 0 bridgehead atoms. The van der Waals surface area contributed by atoms with E-state index in [-0.39, 0.29) is 23.8 Å². The van der Waals surface area contributed by atoms with Gasteiger partial charge in [-0.2, -0.15) is 0 Å². The highest BCUT2D eigenvalue weighted by Gasteiger charge is 2.10. The summed E-state index contributed by atoms with van der Waals surface area (Å²) in [7, 11) is 0. The number of hydrogen-bond donors (Lipinski definition) is 1. The van der Waals surface area contributed by atoms with Crippen molar-refractivity contribution in [2.24, 2.45) is 0 Å². The number of carboxylic acids is 1. The Morgan fingerprint density at radius 3 is 2.74 bits per heavy atom. The molecule has 0 spiro atoms. The lowest BCUT2D eigenvalue weighted by Crippen LogP contribution is -2.00. The number of aryl methyl sites for hydroxylation is 1. The average Bonchev–Trinajstić information content (AvgIpc) is 2.83. The highest BCUT2D eigenvalue weighted by atomic mass is 19.1. The molecule has 0 amide bonds. The number of aromatic carboxylic acids is 1. The zero-order valence-electron chi connectivity index (χ0n) is 10.1. The molecular weight excluding hydrogens is 255 g/mol. The molecule has 1 aromatic carbocycles. The van der Waals surface area contributed by atoms with Crippen molar-refractivity contribution < 1.29 is 23.4 Å². The predicted octanol–water partition coefficient (Wildman–Crippen LogP) is 2.05. The smallest absolute Gasteiger partial charge is 0.335 e. The molecule has 0 atom stereocenters. The highest BCUT2D eigenvalue weighted by molar-refractivity contribution is 5.88. The minimum absolute atomic E-state index is 0.0461. The Balaban J connectivity index is 2.08. The number of ether oxygens (including phenoxy) is 1. The van der Waals surface area contributed by atoms with Gasteiger partial charge in [0.1, 0.15) is 11.6 Å². The van der Waals surface area contributed by atoms with E-state index in [2.05, 4.69) is 10.2 Å². The van der Waals surface area contributed by atoms with Gasteiger partial charge < -0.3 is 14.3 Å². The van der Waals surface area contributed by atoms with Crippen LogP contribution in [0, 0.1) is 5.82 Å². The predicted molar refractivity (Wildman–Crippen MR) is 61.4 cm³/mol. The summed E-state index contributed by atoms with van der Waals surface area (Å²) in [5, 5.41) is 16.3. The fourth-order valence-corrected chi connectivity index (χ4v) is 1.40. The van der Waals surface area contributed by atoms with Crippen LogP contribution in [0.15, 0.2) is 22.6 Å². The van der Waals surface area contributed by atoms with E-state index in [1.54, 1.807) is 0 Å². The molecule has 2 aromatic rings. The van der Waals surface area contributed by atoms with Crippen LogP contribution in [0.2, 0.25) is 0 Å². The third-order valence-corrected chi connectivity index (χ3v) is 2.29. The van der Waals surface area contributed by atoms with Crippen LogP contribution in [0.3, 0.4) is 0 Å². The molecule has 100 valence electrons. The number of nitrogens with zero attached hydrogens (tertiary/aromatic N) is 2. The minimum atomic E-state index is -1.23. The van der Waals surface area contributed by atoms with Gasteiger partial charge in [0.25, 0.3) is 5.89 Å². The molecule has 0 saturated carbocycles. The molecule has 6 nitrogen and oxygen atoms in total. The van der Waals surface area contributed by atoms with Crippen LogP contribution >= 0.6 is 0 Å². The van der Waals surface area contributed by atoms with Crippen molar-refractivity contribution in [3.8, 4) is 5.75 Å². The molecule has 0 saturated heterocycles. The maximum Gasteiger partial charge on any atom is 0.335 e. The summed E-state index contributed by atoms with van der Waals surface area (Å²) in [6.07, 6.45) is 0.607. The number of rotatable bonds is 5. The quantitative estimate of drug-likeness (QED) is 0.891. The molecule has 0 aliphatic heterocycles. The summed E-state index contributed by atoms with van der Waals surface area (Å²) in [4.78, 5) is 10.8. The topological polar surface area (TPSA) is 85.5 Å². The Morgan fingerprint density at radius 1 is 1.37 bits per heavy atom. The lowest BCUT2D eigenvalue weighted by molar-refractivity contribution is 0.0695. The molecule has 1 aromatic heterocycles. The second kappa shape index (κ2) is 5.47. The molecule has 0 unspecified atom stereocenters. The van der Waals surface area contributed by atoms with Crippen LogP contribution in [0.25, 0.3) is 0 Å². The summed E-state index contributed by atoms with van der Waals surface area (Å²) in [6.45, 7) is 1.82. The fourth-order valence-electron chi connectivity index (χ4n) is 1.40. The Hall–Kier alpha value is -2.44. The molecule has 0 radical (unpaired) electrons.